The predicted octanol–water partition coefficient (Wildman–Crippen LogP) is 20.8. The molecular formula is C64H118O6. The van der Waals surface area contributed by atoms with Crippen molar-refractivity contribution in [3.05, 3.63) is 36.5 Å². The molecule has 0 aliphatic carbocycles. The van der Waals surface area contributed by atoms with Crippen LogP contribution in [-0.4, -0.2) is 37.2 Å². The van der Waals surface area contributed by atoms with Gasteiger partial charge in [-0.25, -0.2) is 0 Å². The van der Waals surface area contributed by atoms with E-state index in [1.54, 1.807) is 0 Å². The Labute approximate surface area is 435 Å². The standard InChI is InChI=1S/C64H118O6/c1-4-7-10-13-16-19-21-23-24-25-26-27-28-29-30-31-32-33-34-35-36-37-38-39-40-42-43-45-48-51-54-57-63(66)69-60-61(59-68-62(65)56-53-50-47-18-15-12-9-6-3)70-64(67)58-55-52-49-46-44-41-22-20-17-14-11-8-5-2/h8,11,17,20,41,44,61H,4-7,9-10,12-16,18-19,21-40,42-43,45-60H2,1-3H3/b11-8-,20-17-,44-41-. The van der Waals surface area contributed by atoms with Crippen LogP contribution < -0.4 is 0 Å². The van der Waals surface area contributed by atoms with Crippen LogP contribution in [0.25, 0.3) is 0 Å². The first-order valence-electron chi connectivity index (χ1n) is 31.0. The third kappa shape index (κ3) is 56.5. The van der Waals surface area contributed by atoms with E-state index in [9.17, 15) is 14.4 Å². The number of hydrogen-bond acceptors (Lipinski definition) is 6. The van der Waals surface area contributed by atoms with Crippen LogP contribution in [-0.2, 0) is 28.6 Å². The Bertz CT molecular complexity index is 1170. The Kier molecular flexibility index (Phi) is 57.2. The molecule has 0 saturated carbocycles. The van der Waals surface area contributed by atoms with E-state index in [1.165, 1.54) is 212 Å². The Morgan fingerprint density at radius 3 is 0.871 bits per heavy atom. The van der Waals surface area contributed by atoms with E-state index in [1.807, 2.05) is 0 Å². The molecule has 0 fully saturated rings. The number of allylic oxidation sites excluding steroid dienone is 6. The quantitative estimate of drug-likeness (QED) is 0.0261. The highest BCUT2D eigenvalue weighted by Gasteiger charge is 2.19. The van der Waals surface area contributed by atoms with Crippen LogP contribution in [0.3, 0.4) is 0 Å². The number of hydrogen-bond donors (Lipinski definition) is 0. The minimum absolute atomic E-state index is 0.0800. The van der Waals surface area contributed by atoms with Gasteiger partial charge in [0.15, 0.2) is 6.10 Å². The van der Waals surface area contributed by atoms with E-state index in [0.29, 0.717) is 19.3 Å². The molecule has 0 amide bonds. The van der Waals surface area contributed by atoms with E-state index in [-0.39, 0.29) is 31.1 Å². The Hall–Kier alpha value is -2.37. The lowest BCUT2D eigenvalue weighted by Gasteiger charge is -2.18. The van der Waals surface area contributed by atoms with Gasteiger partial charge in [0.2, 0.25) is 0 Å². The second-order valence-electron chi connectivity index (χ2n) is 21.0. The summed E-state index contributed by atoms with van der Waals surface area (Å²) in [6.07, 6.45) is 72.0. The molecule has 0 aliphatic heterocycles. The second-order valence-corrected chi connectivity index (χ2v) is 21.0. The fourth-order valence-electron chi connectivity index (χ4n) is 9.28. The minimum Gasteiger partial charge on any atom is -0.462 e. The molecule has 1 unspecified atom stereocenters. The summed E-state index contributed by atoms with van der Waals surface area (Å²) in [7, 11) is 0. The van der Waals surface area contributed by atoms with E-state index in [0.717, 1.165) is 83.5 Å². The van der Waals surface area contributed by atoms with Gasteiger partial charge in [-0.15, -0.1) is 0 Å². The summed E-state index contributed by atoms with van der Waals surface area (Å²) in [5, 5.41) is 0. The monoisotopic (exact) mass is 983 g/mol. The SMILES string of the molecule is CC/C=C\C/C=C\C/C=C\CCCCCC(=O)OC(COC(=O)CCCCCCCCCC)COC(=O)CCCCCCCCCCCCCCCCCCCCCCCCCCCCCCCCC. The van der Waals surface area contributed by atoms with Gasteiger partial charge >= 0.3 is 17.9 Å². The van der Waals surface area contributed by atoms with E-state index in [2.05, 4.69) is 57.2 Å². The van der Waals surface area contributed by atoms with Gasteiger partial charge in [-0.2, -0.15) is 0 Å². The second kappa shape index (κ2) is 59.2. The highest BCUT2D eigenvalue weighted by atomic mass is 16.6. The maximum absolute atomic E-state index is 12.8. The number of unbranched alkanes of at least 4 members (excludes halogenated alkanes) is 40. The van der Waals surface area contributed by atoms with Crippen molar-refractivity contribution in [3.8, 4) is 0 Å². The molecule has 0 N–H and O–H groups in total. The minimum atomic E-state index is -0.782. The maximum Gasteiger partial charge on any atom is 0.306 e. The molecule has 0 rings (SSSR count). The molecular weight excluding hydrogens is 865 g/mol. The highest BCUT2D eigenvalue weighted by Crippen LogP contribution is 2.18. The van der Waals surface area contributed by atoms with Crippen molar-refractivity contribution in [3.63, 3.8) is 0 Å². The maximum atomic E-state index is 12.8. The number of esters is 3. The number of carbonyl (C=O) groups is 3. The van der Waals surface area contributed by atoms with Crippen molar-refractivity contribution in [1.29, 1.82) is 0 Å². The van der Waals surface area contributed by atoms with Gasteiger partial charge in [0, 0.05) is 19.3 Å². The topological polar surface area (TPSA) is 78.9 Å². The Morgan fingerprint density at radius 1 is 0.300 bits per heavy atom. The largest absolute Gasteiger partial charge is 0.462 e. The molecule has 0 radical (unpaired) electrons. The fraction of sp³-hybridized carbons (Fsp3) is 0.859. The molecule has 0 aliphatic rings. The highest BCUT2D eigenvalue weighted by molar-refractivity contribution is 5.71. The summed E-state index contributed by atoms with van der Waals surface area (Å²) in [6.45, 7) is 6.51. The summed E-state index contributed by atoms with van der Waals surface area (Å²) < 4.78 is 16.8. The third-order valence-corrected chi connectivity index (χ3v) is 13.9. The van der Waals surface area contributed by atoms with Crippen LogP contribution in [0.1, 0.15) is 335 Å². The summed E-state index contributed by atoms with van der Waals surface area (Å²) in [4.78, 5) is 37.9. The van der Waals surface area contributed by atoms with E-state index in [4.69, 9.17) is 14.2 Å². The molecule has 0 heterocycles. The smallest absolute Gasteiger partial charge is 0.306 e. The van der Waals surface area contributed by atoms with Crippen molar-refractivity contribution >= 4 is 17.9 Å². The third-order valence-electron chi connectivity index (χ3n) is 13.9. The first-order chi connectivity index (χ1) is 34.5. The summed E-state index contributed by atoms with van der Waals surface area (Å²) in [5.74, 6) is -0.899. The summed E-state index contributed by atoms with van der Waals surface area (Å²) >= 11 is 0. The zero-order chi connectivity index (χ0) is 50.7. The van der Waals surface area contributed by atoms with Gasteiger partial charge in [-0.1, -0.05) is 301 Å². The molecule has 70 heavy (non-hydrogen) atoms. The normalized spacial score (nSPS) is 12.2. The first-order valence-corrected chi connectivity index (χ1v) is 31.0. The predicted molar refractivity (Wildman–Crippen MR) is 302 cm³/mol. The lowest BCUT2D eigenvalue weighted by Crippen LogP contribution is -2.30. The number of ether oxygens (including phenoxy) is 3. The molecule has 0 bridgehead atoms. The van der Waals surface area contributed by atoms with Gasteiger partial charge in [0.1, 0.15) is 13.2 Å². The molecule has 6 heteroatoms. The average molecular weight is 984 g/mol. The van der Waals surface area contributed by atoms with E-state index < -0.39 is 6.10 Å². The van der Waals surface area contributed by atoms with Crippen molar-refractivity contribution in [2.75, 3.05) is 13.2 Å². The molecule has 6 nitrogen and oxygen atoms in total. The molecule has 0 aromatic carbocycles. The molecule has 0 saturated heterocycles. The number of carbonyl (C=O) groups excluding carboxylic acids is 3. The molecule has 0 aromatic heterocycles. The summed E-state index contributed by atoms with van der Waals surface area (Å²) in [6, 6.07) is 0. The van der Waals surface area contributed by atoms with Gasteiger partial charge in [0.25, 0.3) is 0 Å². The zero-order valence-corrected chi connectivity index (χ0v) is 47.1. The van der Waals surface area contributed by atoms with Crippen molar-refractivity contribution in [2.24, 2.45) is 0 Å². The summed E-state index contributed by atoms with van der Waals surface area (Å²) in [5.41, 5.74) is 0. The Morgan fingerprint density at radius 2 is 0.557 bits per heavy atom. The van der Waals surface area contributed by atoms with Crippen LogP contribution in [0.5, 0.6) is 0 Å². The van der Waals surface area contributed by atoms with Crippen molar-refractivity contribution in [2.45, 2.75) is 341 Å². The van der Waals surface area contributed by atoms with Crippen molar-refractivity contribution < 1.29 is 28.6 Å². The first kappa shape index (κ1) is 67.6. The lowest BCUT2D eigenvalue weighted by atomic mass is 10.0. The van der Waals surface area contributed by atoms with Crippen LogP contribution in [0.4, 0.5) is 0 Å². The van der Waals surface area contributed by atoms with Gasteiger partial charge < -0.3 is 14.2 Å². The average Bonchev–Trinajstić information content (AvgIpc) is 3.36. The molecule has 410 valence electrons. The van der Waals surface area contributed by atoms with E-state index >= 15 is 0 Å². The molecule has 0 aromatic rings. The zero-order valence-electron chi connectivity index (χ0n) is 47.1. The fourth-order valence-corrected chi connectivity index (χ4v) is 9.28. The van der Waals surface area contributed by atoms with Crippen LogP contribution in [0.2, 0.25) is 0 Å². The van der Waals surface area contributed by atoms with Crippen LogP contribution in [0.15, 0.2) is 36.5 Å². The Balaban J connectivity index is 3.98. The molecule has 0 spiro atoms. The van der Waals surface area contributed by atoms with Gasteiger partial charge in [-0.05, 0) is 51.4 Å². The van der Waals surface area contributed by atoms with Crippen LogP contribution >= 0.6 is 0 Å². The molecule has 1 atom stereocenters. The van der Waals surface area contributed by atoms with Crippen molar-refractivity contribution in [1.82, 2.24) is 0 Å². The lowest BCUT2D eigenvalue weighted by molar-refractivity contribution is -0.167. The van der Waals surface area contributed by atoms with Crippen LogP contribution in [0, 0.1) is 0 Å². The van der Waals surface area contributed by atoms with Gasteiger partial charge in [0.05, 0.1) is 0 Å². The van der Waals surface area contributed by atoms with Gasteiger partial charge in [-0.3, -0.25) is 14.4 Å². The number of rotatable bonds is 57.